The standard InChI is InChI=1S/C22H24FN3OS/c23-16-1-3-17(4-2-16)26-20(18-11-28-12-19(18)25-26)24-21(27)22-8-13-5-14(9-22)7-15(6-13)10-22/h1-4,13-15H,5-12H2,(H,24,27). The summed E-state index contributed by atoms with van der Waals surface area (Å²) in [5.74, 6) is 4.66. The number of hydrogen-bond donors (Lipinski definition) is 1. The van der Waals surface area contributed by atoms with E-state index in [1.54, 1.807) is 12.1 Å². The molecule has 0 atom stereocenters. The first-order valence-electron chi connectivity index (χ1n) is 10.4. The van der Waals surface area contributed by atoms with Crippen molar-refractivity contribution in [2.75, 3.05) is 5.32 Å². The highest BCUT2D eigenvalue weighted by molar-refractivity contribution is 7.98. The van der Waals surface area contributed by atoms with Gasteiger partial charge in [-0.1, -0.05) is 0 Å². The van der Waals surface area contributed by atoms with Gasteiger partial charge in [0, 0.05) is 17.1 Å². The Morgan fingerprint density at radius 1 is 1.07 bits per heavy atom. The number of anilines is 1. The number of thioether (sulfide) groups is 1. The van der Waals surface area contributed by atoms with Crippen molar-refractivity contribution in [2.24, 2.45) is 23.2 Å². The topological polar surface area (TPSA) is 46.9 Å². The SMILES string of the molecule is O=C(Nc1c2c(nn1-c1ccc(F)cc1)CSC2)C12CC3CC(CC(C3)C1)C2. The third-order valence-electron chi connectivity index (χ3n) is 7.37. The van der Waals surface area contributed by atoms with Crippen LogP contribution in [0.3, 0.4) is 0 Å². The maximum Gasteiger partial charge on any atom is 0.231 e. The highest BCUT2D eigenvalue weighted by atomic mass is 32.2. The smallest absolute Gasteiger partial charge is 0.231 e. The Bertz CT molecular complexity index is 916. The van der Waals surface area contributed by atoms with E-state index in [0.29, 0.717) is 0 Å². The van der Waals surface area contributed by atoms with Gasteiger partial charge in [0.1, 0.15) is 11.6 Å². The first kappa shape index (κ1) is 17.1. The summed E-state index contributed by atoms with van der Waals surface area (Å²) in [4.78, 5) is 13.6. The van der Waals surface area contributed by atoms with Gasteiger partial charge in [0.05, 0.1) is 16.8 Å². The highest BCUT2D eigenvalue weighted by Gasteiger charge is 2.54. The molecule has 2 heterocycles. The third kappa shape index (κ3) is 2.56. The number of halogens is 1. The number of benzene rings is 1. The highest BCUT2D eigenvalue weighted by Crippen LogP contribution is 2.60. The number of fused-ring (bicyclic) bond motifs is 1. The van der Waals surface area contributed by atoms with Crippen LogP contribution in [0.25, 0.3) is 5.69 Å². The van der Waals surface area contributed by atoms with E-state index in [2.05, 4.69) is 5.32 Å². The molecule has 1 aromatic heterocycles. The summed E-state index contributed by atoms with van der Waals surface area (Å²) in [6.07, 6.45) is 7.12. The van der Waals surface area contributed by atoms with E-state index < -0.39 is 0 Å². The Kier molecular flexibility index (Phi) is 3.71. The number of rotatable bonds is 3. The molecule has 5 aliphatic rings. The summed E-state index contributed by atoms with van der Waals surface area (Å²) in [5, 5.41) is 8.06. The second kappa shape index (κ2) is 6.09. The lowest BCUT2D eigenvalue weighted by Crippen LogP contribution is -2.52. The molecule has 6 heteroatoms. The fourth-order valence-electron chi connectivity index (χ4n) is 6.54. The van der Waals surface area contributed by atoms with Gasteiger partial charge in [-0.15, -0.1) is 0 Å². The van der Waals surface area contributed by atoms with Crippen LogP contribution in [0.1, 0.15) is 49.8 Å². The minimum Gasteiger partial charge on any atom is -0.310 e. The average molecular weight is 398 g/mol. The monoisotopic (exact) mass is 397 g/mol. The Hall–Kier alpha value is -1.82. The zero-order chi connectivity index (χ0) is 18.9. The fourth-order valence-corrected chi connectivity index (χ4v) is 7.57. The van der Waals surface area contributed by atoms with Crippen molar-refractivity contribution in [3.8, 4) is 5.69 Å². The number of nitrogens with one attached hydrogen (secondary N) is 1. The molecular weight excluding hydrogens is 373 g/mol. The van der Waals surface area contributed by atoms with Crippen LogP contribution in [0.15, 0.2) is 24.3 Å². The summed E-state index contributed by atoms with van der Waals surface area (Å²) < 4.78 is 15.2. The first-order valence-corrected chi connectivity index (χ1v) is 11.5. The van der Waals surface area contributed by atoms with Gasteiger partial charge in [0.2, 0.25) is 5.91 Å². The van der Waals surface area contributed by atoms with Gasteiger partial charge >= 0.3 is 0 Å². The Balaban J connectivity index is 1.36. The van der Waals surface area contributed by atoms with E-state index in [-0.39, 0.29) is 17.1 Å². The minimum atomic E-state index is -0.266. The molecule has 7 rings (SSSR count). The first-order chi connectivity index (χ1) is 13.6. The maximum atomic E-state index is 13.6. The summed E-state index contributed by atoms with van der Waals surface area (Å²) >= 11 is 1.83. The van der Waals surface area contributed by atoms with Crippen molar-refractivity contribution in [2.45, 2.75) is 50.0 Å². The minimum absolute atomic E-state index is 0.189. The van der Waals surface area contributed by atoms with Crippen LogP contribution in [-0.2, 0) is 16.3 Å². The molecule has 4 bridgehead atoms. The van der Waals surface area contributed by atoms with Gasteiger partial charge in [0.15, 0.2) is 0 Å². The van der Waals surface area contributed by atoms with E-state index in [1.807, 2.05) is 16.4 Å². The van der Waals surface area contributed by atoms with Crippen LogP contribution < -0.4 is 5.32 Å². The van der Waals surface area contributed by atoms with Gasteiger partial charge < -0.3 is 5.32 Å². The normalized spacial score (nSPS) is 32.5. The van der Waals surface area contributed by atoms with Gasteiger partial charge in [-0.05, 0) is 80.5 Å². The quantitative estimate of drug-likeness (QED) is 0.800. The Morgan fingerprint density at radius 2 is 1.71 bits per heavy atom. The van der Waals surface area contributed by atoms with E-state index >= 15 is 0 Å². The van der Waals surface area contributed by atoms with E-state index in [0.717, 1.165) is 71.3 Å². The van der Waals surface area contributed by atoms with Crippen LogP contribution >= 0.6 is 11.8 Å². The van der Waals surface area contributed by atoms with Crippen LogP contribution in [-0.4, -0.2) is 15.7 Å². The van der Waals surface area contributed by atoms with E-state index in [1.165, 1.54) is 31.4 Å². The molecule has 2 aromatic rings. The Labute approximate surface area is 168 Å². The molecule has 4 aliphatic carbocycles. The molecular formula is C22H24FN3OS. The van der Waals surface area contributed by atoms with Crippen molar-refractivity contribution >= 4 is 23.5 Å². The number of amides is 1. The number of hydrogen-bond acceptors (Lipinski definition) is 3. The molecule has 0 saturated heterocycles. The summed E-state index contributed by atoms with van der Waals surface area (Å²) in [6.45, 7) is 0. The molecule has 1 aromatic carbocycles. The molecule has 1 aliphatic heterocycles. The predicted octanol–water partition coefficient (Wildman–Crippen LogP) is 4.91. The van der Waals surface area contributed by atoms with Crippen LogP contribution in [0.4, 0.5) is 10.2 Å². The maximum absolute atomic E-state index is 13.6. The molecule has 4 saturated carbocycles. The zero-order valence-electron chi connectivity index (χ0n) is 15.8. The van der Waals surface area contributed by atoms with Gasteiger partial charge in [-0.25, -0.2) is 9.07 Å². The van der Waals surface area contributed by atoms with Crippen LogP contribution in [0.5, 0.6) is 0 Å². The average Bonchev–Trinajstić information content (AvgIpc) is 3.24. The lowest BCUT2D eigenvalue weighted by atomic mass is 9.49. The number of nitrogens with zero attached hydrogens (tertiary/aromatic N) is 2. The van der Waals surface area contributed by atoms with Gasteiger partial charge in [0.25, 0.3) is 0 Å². The molecule has 28 heavy (non-hydrogen) atoms. The molecule has 146 valence electrons. The predicted molar refractivity (Wildman–Crippen MR) is 108 cm³/mol. The fraction of sp³-hybridized carbons (Fsp3) is 0.545. The van der Waals surface area contributed by atoms with Crippen molar-refractivity contribution in [1.29, 1.82) is 0 Å². The largest absolute Gasteiger partial charge is 0.310 e. The lowest BCUT2D eigenvalue weighted by Gasteiger charge is -2.55. The molecule has 1 N–H and O–H groups in total. The molecule has 0 unspecified atom stereocenters. The van der Waals surface area contributed by atoms with Gasteiger partial charge in [-0.2, -0.15) is 16.9 Å². The number of aromatic nitrogens is 2. The summed E-state index contributed by atoms with van der Waals surface area (Å²) in [7, 11) is 0. The summed E-state index contributed by atoms with van der Waals surface area (Å²) in [6, 6.07) is 6.35. The van der Waals surface area contributed by atoms with Crippen molar-refractivity contribution in [3.05, 3.63) is 41.3 Å². The molecule has 4 nitrogen and oxygen atoms in total. The summed E-state index contributed by atoms with van der Waals surface area (Å²) in [5.41, 5.74) is 2.77. The molecule has 1 amide bonds. The number of carbonyl (C=O) groups is 1. The van der Waals surface area contributed by atoms with Crippen LogP contribution in [0.2, 0.25) is 0 Å². The zero-order valence-corrected chi connectivity index (χ0v) is 16.6. The molecule has 4 fully saturated rings. The lowest BCUT2D eigenvalue weighted by molar-refractivity contribution is -0.140. The van der Waals surface area contributed by atoms with Crippen molar-refractivity contribution < 1.29 is 9.18 Å². The second-order valence-electron chi connectivity index (χ2n) is 9.31. The molecule has 0 spiro atoms. The second-order valence-corrected chi connectivity index (χ2v) is 10.3. The van der Waals surface area contributed by atoms with Crippen LogP contribution in [0, 0.1) is 29.0 Å². The van der Waals surface area contributed by atoms with Gasteiger partial charge in [-0.3, -0.25) is 4.79 Å². The Morgan fingerprint density at radius 3 is 2.36 bits per heavy atom. The molecule has 0 radical (unpaired) electrons. The van der Waals surface area contributed by atoms with E-state index in [9.17, 15) is 9.18 Å². The van der Waals surface area contributed by atoms with Crippen molar-refractivity contribution in [1.82, 2.24) is 9.78 Å². The number of carbonyl (C=O) groups excluding carboxylic acids is 1. The van der Waals surface area contributed by atoms with Crippen molar-refractivity contribution in [3.63, 3.8) is 0 Å². The third-order valence-corrected chi connectivity index (χ3v) is 8.35. The van der Waals surface area contributed by atoms with E-state index in [4.69, 9.17) is 5.10 Å².